The first-order chi connectivity index (χ1) is 17.0. The highest BCUT2D eigenvalue weighted by molar-refractivity contribution is 6.30. The summed E-state index contributed by atoms with van der Waals surface area (Å²) in [7, 11) is 0. The minimum absolute atomic E-state index is 0. The van der Waals surface area contributed by atoms with Crippen LogP contribution in [0.3, 0.4) is 0 Å². The van der Waals surface area contributed by atoms with Gasteiger partial charge in [-0.1, -0.05) is 35.9 Å². The second-order valence-electron chi connectivity index (χ2n) is 11.5. The van der Waals surface area contributed by atoms with E-state index in [0.29, 0.717) is 42.5 Å². The Morgan fingerprint density at radius 1 is 1.17 bits per heavy atom. The molecule has 6 aliphatic rings. The Labute approximate surface area is 222 Å². The molecule has 1 aliphatic carbocycles. The molecule has 2 aromatic rings. The molecule has 7 atom stereocenters. The minimum Gasteiger partial charge on any atom is -1.00 e. The SMILES string of the molecule is O=C(C[N+]12CC[C@@]34c5ccccc5N5C(=O)C[C@@H]6OCC=C(C1)[C@@H](CC32)C6C54)c1ccc(Cl)cc1.[Cl-]. The topological polar surface area (TPSA) is 46.6 Å². The van der Waals surface area contributed by atoms with Crippen LogP contribution in [-0.2, 0) is 14.9 Å². The summed E-state index contributed by atoms with van der Waals surface area (Å²) in [6.45, 7) is 2.96. The highest BCUT2D eigenvalue weighted by atomic mass is 35.5. The smallest absolute Gasteiger partial charge is 0.229 e. The molecule has 0 N–H and O–H groups in total. The lowest BCUT2D eigenvalue weighted by Gasteiger charge is -2.60. The fraction of sp³-hybridized carbons (Fsp3) is 0.448. The summed E-state index contributed by atoms with van der Waals surface area (Å²) in [6.07, 6.45) is 4.85. The Bertz CT molecular complexity index is 1330. The van der Waals surface area contributed by atoms with E-state index in [4.69, 9.17) is 16.3 Å². The number of piperidine rings is 2. The number of amides is 1. The highest BCUT2D eigenvalue weighted by Gasteiger charge is 2.76. The van der Waals surface area contributed by atoms with E-state index in [1.54, 1.807) is 0 Å². The Morgan fingerprint density at radius 3 is 2.81 bits per heavy atom. The number of carbonyl (C=O) groups is 2. The van der Waals surface area contributed by atoms with Crippen molar-refractivity contribution in [3.63, 3.8) is 0 Å². The molecular formula is C29H28Cl2N2O3. The van der Waals surface area contributed by atoms with E-state index in [1.165, 1.54) is 11.1 Å². The average molecular weight is 523 g/mol. The number of para-hydroxylation sites is 1. The number of hydrogen-bond donors (Lipinski definition) is 0. The van der Waals surface area contributed by atoms with Gasteiger partial charge in [0.15, 0.2) is 0 Å². The zero-order valence-corrected chi connectivity index (χ0v) is 21.4. The number of Topliss-reactive ketones (excluding diaryl/α,β-unsaturated/α-hetero) is 1. The fourth-order valence-electron chi connectivity index (χ4n) is 9.21. The number of anilines is 1. The van der Waals surface area contributed by atoms with Crippen LogP contribution in [-0.4, -0.2) is 60.6 Å². The average Bonchev–Trinajstić information content (AvgIpc) is 3.29. The molecule has 4 fully saturated rings. The molecule has 7 heteroatoms. The molecule has 4 unspecified atom stereocenters. The number of hydrogen-bond acceptors (Lipinski definition) is 3. The number of ketones is 1. The first-order valence-corrected chi connectivity index (χ1v) is 13.3. The number of benzene rings is 2. The summed E-state index contributed by atoms with van der Waals surface area (Å²) >= 11 is 6.10. The number of nitrogens with zero attached hydrogens (tertiary/aromatic N) is 2. The van der Waals surface area contributed by atoms with Gasteiger partial charge in [0.1, 0.15) is 19.1 Å². The normalized spacial score (nSPS) is 38.6. The van der Waals surface area contributed by atoms with E-state index < -0.39 is 0 Å². The maximum atomic E-state index is 13.7. The zero-order valence-electron chi connectivity index (χ0n) is 19.9. The molecule has 1 saturated carbocycles. The summed E-state index contributed by atoms with van der Waals surface area (Å²) in [4.78, 5) is 29.4. The monoisotopic (exact) mass is 522 g/mol. The van der Waals surface area contributed by atoms with Crippen LogP contribution >= 0.6 is 11.6 Å². The van der Waals surface area contributed by atoms with Gasteiger partial charge in [-0.3, -0.25) is 9.59 Å². The van der Waals surface area contributed by atoms with Crippen molar-refractivity contribution in [1.29, 1.82) is 0 Å². The zero-order chi connectivity index (χ0) is 23.5. The molecule has 3 saturated heterocycles. The molecule has 1 amide bonds. The van der Waals surface area contributed by atoms with Crippen LogP contribution in [0.4, 0.5) is 5.69 Å². The van der Waals surface area contributed by atoms with Crippen LogP contribution in [0.5, 0.6) is 0 Å². The van der Waals surface area contributed by atoms with E-state index in [2.05, 4.69) is 35.2 Å². The summed E-state index contributed by atoms with van der Waals surface area (Å²) in [6, 6.07) is 16.4. The third kappa shape index (κ3) is 2.70. The molecule has 8 rings (SSSR count). The lowest BCUT2D eigenvalue weighted by atomic mass is 9.53. The summed E-state index contributed by atoms with van der Waals surface area (Å²) < 4.78 is 7.18. The van der Waals surface area contributed by atoms with Crippen molar-refractivity contribution in [2.75, 3.05) is 31.1 Å². The van der Waals surface area contributed by atoms with Crippen LogP contribution in [0.2, 0.25) is 5.02 Å². The number of carbonyl (C=O) groups excluding carboxylic acids is 2. The van der Waals surface area contributed by atoms with Crippen LogP contribution in [0.1, 0.15) is 35.2 Å². The van der Waals surface area contributed by atoms with Gasteiger partial charge in [0.05, 0.1) is 37.1 Å². The van der Waals surface area contributed by atoms with Crippen LogP contribution in [0, 0.1) is 11.8 Å². The summed E-state index contributed by atoms with van der Waals surface area (Å²) in [5.74, 6) is 1.15. The Balaban J connectivity index is 0.00000220. The van der Waals surface area contributed by atoms with E-state index >= 15 is 0 Å². The first-order valence-electron chi connectivity index (χ1n) is 12.9. The maximum Gasteiger partial charge on any atom is 0.229 e. The molecule has 2 aromatic carbocycles. The van der Waals surface area contributed by atoms with Crippen LogP contribution in [0.15, 0.2) is 60.2 Å². The van der Waals surface area contributed by atoms with Gasteiger partial charge < -0.3 is 26.5 Å². The van der Waals surface area contributed by atoms with Crippen molar-refractivity contribution in [2.45, 2.75) is 42.9 Å². The summed E-state index contributed by atoms with van der Waals surface area (Å²) in [5.41, 5.74) is 4.52. The lowest BCUT2D eigenvalue weighted by Crippen LogP contribution is -3.00. The van der Waals surface area contributed by atoms with Gasteiger partial charge in [0.25, 0.3) is 0 Å². The van der Waals surface area contributed by atoms with Crippen molar-refractivity contribution in [2.24, 2.45) is 11.8 Å². The van der Waals surface area contributed by atoms with Gasteiger partial charge in [0, 0.05) is 35.0 Å². The fourth-order valence-corrected chi connectivity index (χ4v) is 9.34. The third-order valence-corrected chi connectivity index (χ3v) is 10.6. The van der Waals surface area contributed by atoms with Crippen molar-refractivity contribution in [3.8, 4) is 0 Å². The van der Waals surface area contributed by atoms with Crippen LogP contribution in [0.25, 0.3) is 0 Å². The molecular weight excluding hydrogens is 495 g/mol. The van der Waals surface area contributed by atoms with E-state index in [9.17, 15) is 9.59 Å². The Kier molecular flexibility index (Phi) is 4.90. The Hall–Kier alpha value is -2.18. The number of halogens is 2. The third-order valence-electron chi connectivity index (χ3n) is 10.3. The van der Waals surface area contributed by atoms with Crippen molar-refractivity contribution < 1.29 is 31.2 Å². The quantitative estimate of drug-likeness (QED) is 0.345. The molecule has 1 spiro atoms. The summed E-state index contributed by atoms with van der Waals surface area (Å²) in [5, 5.41) is 0.649. The minimum atomic E-state index is -0.106. The largest absolute Gasteiger partial charge is 1.00 e. The second-order valence-corrected chi connectivity index (χ2v) is 11.9. The maximum absolute atomic E-state index is 13.7. The molecule has 2 bridgehead atoms. The van der Waals surface area contributed by atoms with E-state index in [-0.39, 0.29) is 41.7 Å². The number of fused-ring (bicyclic) bond motifs is 2. The van der Waals surface area contributed by atoms with Gasteiger partial charge in [0.2, 0.25) is 11.7 Å². The number of quaternary nitrogens is 1. The van der Waals surface area contributed by atoms with E-state index in [1.807, 2.05) is 24.3 Å². The van der Waals surface area contributed by atoms with Gasteiger partial charge in [-0.15, -0.1) is 0 Å². The van der Waals surface area contributed by atoms with Gasteiger partial charge in [-0.05, 0) is 47.4 Å². The van der Waals surface area contributed by atoms with Crippen LogP contribution < -0.4 is 17.3 Å². The van der Waals surface area contributed by atoms with Gasteiger partial charge >= 0.3 is 0 Å². The highest BCUT2D eigenvalue weighted by Crippen LogP contribution is 2.67. The second kappa shape index (κ2) is 7.67. The molecule has 5 heterocycles. The molecule has 5 aliphatic heterocycles. The van der Waals surface area contributed by atoms with Crippen molar-refractivity contribution in [1.82, 2.24) is 0 Å². The predicted molar refractivity (Wildman–Crippen MR) is 132 cm³/mol. The molecule has 186 valence electrons. The van der Waals surface area contributed by atoms with E-state index in [0.717, 1.165) is 41.7 Å². The predicted octanol–water partition coefficient (Wildman–Crippen LogP) is 1.15. The Morgan fingerprint density at radius 2 is 1.97 bits per heavy atom. The first kappa shape index (κ1) is 23.0. The standard InChI is InChI=1S/C29H28ClN2O3.ClH/c30-19-7-5-17(6-8-19)23(33)16-32-11-10-29-21-3-1-2-4-22(21)31-26(34)14-24-27(28(29)31)20(13-25(29)32)18(15-32)9-12-35-24;/h1-9,20,24-25,27-28H,10-16H2;1H/q+1;/p-1/t20-,24+,25?,27?,28?,29-,32?;/m1./s1. The van der Waals surface area contributed by atoms with Gasteiger partial charge in [-0.25, -0.2) is 0 Å². The number of rotatable bonds is 3. The molecule has 36 heavy (non-hydrogen) atoms. The molecule has 0 radical (unpaired) electrons. The van der Waals surface area contributed by atoms with Gasteiger partial charge in [-0.2, -0.15) is 0 Å². The molecule has 0 aromatic heterocycles. The van der Waals surface area contributed by atoms with Crippen molar-refractivity contribution in [3.05, 3.63) is 76.3 Å². The lowest BCUT2D eigenvalue weighted by molar-refractivity contribution is -0.935. The molecule has 5 nitrogen and oxygen atoms in total. The van der Waals surface area contributed by atoms with Crippen molar-refractivity contribution >= 4 is 29.0 Å². The number of ether oxygens (including phenoxy) is 1.